The van der Waals surface area contributed by atoms with Crippen LogP contribution in [0.4, 0.5) is 5.69 Å². The Bertz CT molecular complexity index is 546. The molecule has 1 unspecified atom stereocenters. The second-order valence-electron chi connectivity index (χ2n) is 3.80. The molecule has 0 spiro atoms. The molecule has 0 aliphatic carbocycles. The number of fused-ring (bicyclic) bond motifs is 1. The molecule has 0 fully saturated rings. The molecule has 17 heavy (non-hydrogen) atoms. The summed E-state index contributed by atoms with van der Waals surface area (Å²) < 4.78 is 0. The van der Waals surface area contributed by atoms with Crippen LogP contribution in [0.3, 0.4) is 0 Å². The number of nitrogens with one attached hydrogen (secondary N) is 1. The third kappa shape index (κ3) is 2.13. The first kappa shape index (κ1) is 11.3. The quantitative estimate of drug-likeness (QED) is 0.770. The molecular weight excluding hydrogens is 273 g/mol. The first-order chi connectivity index (χ1) is 8.24. The van der Waals surface area contributed by atoms with Crippen LogP contribution in [0.15, 0.2) is 47.4 Å². The summed E-state index contributed by atoms with van der Waals surface area (Å²) in [5.74, 6) is 0. The van der Waals surface area contributed by atoms with E-state index < -0.39 is 0 Å². The zero-order chi connectivity index (χ0) is 11.8. The van der Waals surface area contributed by atoms with Crippen LogP contribution in [0.2, 0.25) is 10.0 Å². The maximum absolute atomic E-state index is 6.21. The Balaban J connectivity index is 1.94. The number of halogens is 2. The van der Waals surface area contributed by atoms with Gasteiger partial charge in [-0.05, 0) is 24.3 Å². The van der Waals surface area contributed by atoms with Crippen molar-refractivity contribution in [2.75, 3.05) is 5.32 Å². The van der Waals surface area contributed by atoms with Gasteiger partial charge in [-0.3, -0.25) is 0 Å². The van der Waals surface area contributed by atoms with Crippen molar-refractivity contribution in [1.82, 2.24) is 0 Å². The number of rotatable bonds is 1. The van der Waals surface area contributed by atoms with Crippen molar-refractivity contribution < 1.29 is 0 Å². The predicted octanol–water partition coefficient (Wildman–Crippen LogP) is 5.21. The highest BCUT2D eigenvalue weighted by Gasteiger charge is 2.23. The zero-order valence-electron chi connectivity index (χ0n) is 8.78. The van der Waals surface area contributed by atoms with E-state index in [0.717, 1.165) is 11.3 Å². The van der Waals surface area contributed by atoms with Gasteiger partial charge in [0.25, 0.3) is 0 Å². The van der Waals surface area contributed by atoms with E-state index in [1.165, 1.54) is 4.90 Å². The number of benzene rings is 2. The fraction of sp³-hybridized carbons (Fsp3) is 0.0769. The maximum Gasteiger partial charge on any atom is 0.104 e. The topological polar surface area (TPSA) is 12.0 Å². The van der Waals surface area contributed by atoms with Crippen molar-refractivity contribution in [3.63, 3.8) is 0 Å². The van der Waals surface area contributed by atoms with E-state index in [1.807, 2.05) is 24.3 Å². The monoisotopic (exact) mass is 281 g/mol. The third-order valence-electron chi connectivity index (χ3n) is 2.66. The Morgan fingerprint density at radius 3 is 2.65 bits per heavy atom. The first-order valence-electron chi connectivity index (χ1n) is 5.21. The van der Waals surface area contributed by atoms with Crippen molar-refractivity contribution in [2.45, 2.75) is 10.3 Å². The molecule has 2 aromatic carbocycles. The SMILES string of the molecule is Clc1ccc(C2Nc3ccccc3S2)c(Cl)c1. The highest BCUT2D eigenvalue weighted by Crippen LogP contribution is 2.47. The summed E-state index contributed by atoms with van der Waals surface area (Å²) in [4.78, 5) is 1.25. The number of hydrogen-bond donors (Lipinski definition) is 1. The van der Waals surface area contributed by atoms with Gasteiger partial charge >= 0.3 is 0 Å². The molecule has 1 heterocycles. The number of anilines is 1. The largest absolute Gasteiger partial charge is 0.368 e. The van der Waals surface area contributed by atoms with E-state index >= 15 is 0 Å². The summed E-state index contributed by atoms with van der Waals surface area (Å²) in [6.07, 6.45) is 0. The van der Waals surface area contributed by atoms with Crippen LogP contribution in [-0.4, -0.2) is 0 Å². The van der Waals surface area contributed by atoms with Gasteiger partial charge in [0.05, 0.1) is 0 Å². The van der Waals surface area contributed by atoms with E-state index in [0.29, 0.717) is 10.0 Å². The molecule has 0 aromatic heterocycles. The molecule has 4 heteroatoms. The molecule has 1 aliphatic rings. The molecule has 2 aromatic rings. The number of para-hydroxylation sites is 1. The van der Waals surface area contributed by atoms with Crippen molar-refractivity contribution >= 4 is 40.7 Å². The maximum atomic E-state index is 6.21. The molecule has 0 saturated heterocycles. The van der Waals surface area contributed by atoms with Crippen LogP contribution in [0.5, 0.6) is 0 Å². The summed E-state index contributed by atoms with van der Waals surface area (Å²) in [6.45, 7) is 0. The minimum atomic E-state index is 0.164. The molecule has 1 atom stereocenters. The molecule has 1 aliphatic heterocycles. The van der Waals surface area contributed by atoms with Crippen molar-refractivity contribution in [2.24, 2.45) is 0 Å². The molecule has 1 nitrogen and oxygen atoms in total. The van der Waals surface area contributed by atoms with Gasteiger partial charge in [0, 0.05) is 26.2 Å². The molecular formula is C13H9Cl2NS. The van der Waals surface area contributed by atoms with Crippen LogP contribution in [0.25, 0.3) is 0 Å². The molecule has 1 N–H and O–H groups in total. The van der Waals surface area contributed by atoms with Gasteiger partial charge in [-0.1, -0.05) is 53.2 Å². The van der Waals surface area contributed by atoms with E-state index in [1.54, 1.807) is 17.8 Å². The van der Waals surface area contributed by atoms with Crippen LogP contribution >= 0.6 is 35.0 Å². The lowest BCUT2D eigenvalue weighted by Crippen LogP contribution is -2.01. The highest BCUT2D eigenvalue weighted by atomic mass is 35.5. The minimum absolute atomic E-state index is 0.164. The van der Waals surface area contributed by atoms with Gasteiger partial charge in [-0.15, -0.1) is 0 Å². The average molecular weight is 282 g/mol. The standard InChI is InChI=1S/C13H9Cl2NS/c14-8-5-6-9(10(15)7-8)13-16-11-3-1-2-4-12(11)17-13/h1-7,13,16H. The Labute approximate surface area is 114 Å². The Morgan fingerprint density at radius 2 is 1.88 bits per heavy atom. The lowest BCUT2D eigenvalue weighted by molar-refractivity contribution is 1.13. The number of thioether (sulfide) groups is 1. The Hall–Kier alpha value is -0.830. The molecule has 0 bridgehead atoms. The van der Waals surface area contributed by atoms with Gasteiger partial charge in [0.2, 0.25) is 0 Å². The van der Waals surface area contributed by atoms with Gasteiger partial charge < -0.3 is 5.32 Å². The predicted molar refractivity (Wildman–Crippen MR) is 75.1 cm³/mol. The Morgan fingerprint density at radius 1 is 1.06 bits per heavy atom. The highest BCUT2D eigenvalue weighted by molar-refractivity contribution is 8.00. The summed E-state index contributed by atoms with van der Waals surface area (Å²) in [5, 5.41) is 4.98. The first-order valence-corrected chi connectivity index (χ1v) is 6.85. The lowest BCUT2D eigenvalue weighted by Gasteiger charge is -2.12. The second-order valence-corrected chi connectivity index (χ2v) is 5.79. The summed E-state index contributed by atoms with van der Waals surface area (Å²) >= 11 is 13.9. The van der Waals surface area contributed by atoms with Crippen molar-refractivity contribution in [3.8, 4) is 0 Å². The van der Waals surface area contributed by atoms with Crippen molar-refractivity contribution in [3.05, 3.63) is 58.1 Å². The summed E-state index contributed by atoms with van der Waals surface area (Å²) in [7, 11) is 0. The third-order valence-corrected chi connectivity index (χ3v) is 4.44. The number of hydrogen-bond acceptors (Lipinski definition) is 2. The lowest BCUT2D eigenvalue weighted by atomic mass is 10.2. The van der Waals surface area contributed by atoms with E-state index in [2.05, 4.69) is 17.4 Å². The van der Waals surface area contributed by atoms with Gasteiger partial charge in [-0.25, -0.2) is 0 Å². The van der Waals surface area contributed by atoms with Crippen LogP contribution in [0, 0.1) is 0 Å². The van der Waals surface area contributed by atoms with Crippen LogP contribution in [-0.2, 0) is 0 Å². The Kier molecular flexibility index (Phi) is 2.95. The summed E-state index contributed by atoms with van der Waals surface area (Å²) in [6, 6.07) is 13.9. The molecule has 0 radical (unpaired) electrons. The van der Waals surface area contributed by atoms with E-state index in [4.69, 9.17) is 23.2 Å². The second kappa shape index (κ2) is 4.45. The molecule has 86 valence electrons. The molecule has 0 saturated carbocycles. The van der Waals surface area contributed by atoms with Crippen LogP contribution < -0.4 is 5.32 Å². The van der Waals surface area contributed by atoms with Crippen molar-refractivity contribution in [1.29, 1.82) is 0 Å². The zero-order valence-corrected chi connectivity index (χ0v) is 11.1. The molecule has 0 amide bonds. The smallest absolute Gasteiger partial charge is 0.104 e. The fourth-order valence-corrected chi connectivity index (χ4v) is 3.61. The average Bonchev–Trinajstić information content (AvgIpc) is 2.72. The molecule has 3 rings (SSSR count). The van der Waals surface area contributed by atoms with E-state index in [-0.39, 0.29) is 5.37 Å². The van der Waals surface area contributed by atoms with Gasteiger partial charge in [-0.2, -0.15) is 0 Å². The van der Waals surface area contributed by atoms with Crippen LogP contribution in [0.1, 0.15) is 10.9 Å². The normalized spacial score (nSPS) is 17.6. The summed E-state index contributed by atoms with van der Waals surface area (Å²) in [5.41, 5.74) is 2.23. The van der Waals surface area contributed by atoms with Gasteiger partial charge in [0.15, 0.2) is 0 Å². The van der Waals surface area contributed by atoms with Gasteiger partial charge in [0.1, 0.15) is 5.37 Å². The minimum Gasteiger partial charge on any atom is -0.368 e. The fourth-order valence-electron chi connectivity index (χ4n) is 1.84. The van der Waals surface area contributed by atoms with E-state index in [9.17, 15) is 0 Å².